The Hall–Kier alpha value is -3.08. The lowest BCUT2D eigenvalue weighted by Crippen LogP contribution is -2.36. The summed E-state index contributed by atoms with van der Waals surface area (Å²) in [6.45, 7) is 2.02. The third-order valence-corrected chi connectivity index (χ3v) is 4.25. The summed E-state index contributed by atoms with van der Waals surface area (Å²) < 4.78 is 27.6. The van der Waals surface area contributed by atoms with Gasteiger partial charge in [0.05, 0.1) is 5.56 Å². The van der Waals surface area contributed by atoms with Gasteiger partial charge in [-0.3, -0.25) is 0 Å². The first kappa shape index (κ1) is 19.7. The van der Waals surface area contributed by atoms with Crippen molar-refractivity contribution in [2.24, 2.45) is 0 Å². The van der Waals surface area contributed by atoms with Crippen molar-refractivity contribution in [1.29, 1.82) is 0 Å². The Bertz CT molecular complexity index is 1010. The lowest BCUT2D eigenvalue weighted by Gasteiger charge is -2.12. The fourth-order valence-electron chi connectivity index (χ4n) is 2.40. The zero-order valence-electron chi connectivity index (χ0n) is 14.5. The number of carbonyl (C=O) groups is 1. The molecule has 1 unspecified atom stereocenters. The highest BCUT2D eigenvalue weighted by atomic mass is 79.9. The van der Waals surface area contributed by atoms with Crippen LogP contribution < -0.4 is 10.6 Å². The predicted molar refractivity (Wildman–Crippen MR) is 102 cm³/mol. The van der Waals surface area contributed by atoms with Gasteiger partial charge in [-0.2, -0.15) is 0 Å². The van der Waals surface area contributed by atoms with Crippen LogP contribution in [0.4, 0.5) is 19.4 Å². The standard InChI is InChI=1S/C17H15BrF2N6O2/c1-8(23-17(27)28)7-22-12-4-5-21-16(24-12)13-14(18)26-15(25-13)10-3-2-9(19)6-11(10)20/h2-6,8,23H,7H2,1H3,(H,25,26)(H,27,28)(H,21,22,24). The van der Waals surface area contributed by atoms with Crippen LogP contribution in [0.5, 0.6) is 0 Å². The van der Waals surface area contributed by atoms with Gasteiger partial charge < -0.3 is 20.7 Å². The highest BCUT2D eigenvalue weighted by Gasteiger charge is 2.17. The Kier molecular flexibility index (Phi) is 5.83. The predicted octanol–water partition coefficient (Wildman–Crippen LogP) is 3.64. The lowest BCUT2D eigenvalue weighted by molar-refractivity contribution is 0.191. The molecule has 2 aromatic heterocycles. The fraction of sp³-hybridized carbons (Fsp3) is 0.176. The molecule has 2 heterocycles. The van der Waals surface area contributed by atoms with Crippen molar-refractivity contribution in [1.82, 2.24) is 25.3 Å². The summed E-state index contributed by atoms with van der Waals surface area (Å²) in [5.74, 6) is -0.500. The van der Waals surface area contributed by atoms with E-state index in [1.165, 1.54) is 12.3 Å². The Balaban J connectivity index is 1.82. The molecule has 0 saturated heterocycles. The number of benzene rings is 1. The summed E-state index contributed by atoms with van der Waals surface area (Å²) in [4.78, 5) is 26.3. The van der Waals surface area contributed by atoms with Gasteiger partial charge in [-0.25, -0.2) is 28.5 Å². The molecule has 1 amide bonds. The van der Waals surface area contributed by atoms with Crippen LogP contribution in [0.25, 0.3) is 22.9 Å². The Labute approximate surface area is 166 Å². The zero-order chi connectivity index (χ0) is 20.3. The van der Waals surface area contributed by atoms with Crippen molar-refractivity contribution < 1.29 is 18.7 Å². The van der Waals surface area contributed by atoms with Crippen molar-refractivity contribution >= 4 is 27.8 Å². The highest BCUT2D eigenvalue weighted by Crippen LogP contribution is 2.29. The molecular weight excluding hydrogens is 438 g/mol. The van der Waals surface area contributed by atoms with Crippen LogP contribution in [0.15, 0.2) is 35.1 Å². The third-order valence-electron chi connectivity index (χ3n) is 3.67. The first-order chi connectivity index (χ1) is 13.3. The summed E-state index contributed by atoms with van der Waals surface area (Å²) >= 11 is 3.31. The van der Waals surface area contributed by atoms with E-state index in [0.717, 1.165) is 12.1 Å². The largest absolute Gasteiger partial charge is 0.465 e. The number of amides is 1. The zero-order valence-corrected chi connectivity index (χ0v) is 16.1. The summed E-state index contributed by atoms with van der Waals surface area (Å²) in [5.41, 5.74) is 0.454. The van der Waals surface area contributed by atoms with E-state index < -0.39 is 17.7 Å². The van der Waals surface area contributed by atoms with Gasteiger partial charge in [0.25, 0.3) is 0 Å². The van der Waals surface area contributed by atoms with E-state index in [4.69, 9.17) is 5.11 Å². The van der Waals surface area contributed by atoms with Crippen molar-refractivity contribution in [3.8, 4) is 22.9 Å². The highest BCUT2D eigenvalue weighted by molar-refractivity contribution is 9.10. The molecular formula is C17H15BrF2N6O2. The first-order valence-corrected chi connectivity index (χ1v) is 8.90. The second-order valence-corrected chi connectivity index (χ2v) is 6.66. The van der Waals surface area contributed by atoms with Gasteiger partial charge in [-0.1, -0.05) is 0 Å². The number of hydrogen-bond donors (Lipinski definition) is 4. The fourth-order valence-corrected chi connectivity index (χ4v) is 2.85. The third kappa shape index (κ3) is 4.60. The summed E-state index contributed by atoms with van der Waals surface area (Å²) in [7, 11) is 0. The topological polar surface area (TPSA) is 116 Å². The molecule has 1 atom stereocenters. The summed E-state index contributed by atoms with van der Waals surface area (Å²) in [6, 6.07) is 4.50. The van der Waals surface area contributed by atoms with Gasteiger partial charge in [-0.05, 0) is 41.1 Å². The Morgan fingerprint density at radius 2 is 2.11 bits per heavy atom. The molecule has 4 N–H and O–H groups in total. The minimum Gasteiger partial charge on any atom is -0.465 e. The van der Waals surface area contributed by atoms with Crippen molar-refractivity contribution in [2.45, 2.75) is 13.0 Å². The van der Waals surface area contributed by atoms with Gasteiger partial charge >= 0.3 is 6.09 Å². The molecule has 0 aliphatic carbocycles. The van der Waals surface area contributed by atoms with Crippen molar-refractivity contribution in [3.05, 3.63) is 46.7 Å². The Morgan fingerprint density at radius 3 is 2.82 bits per heavy atom. The van der Waals surface area contributed by atoms with Crippen LogP contribution in [0.2, 0.25) is 0 Å². The normalized spacial score (nSPS) is 11.9. The number of rotatable bonds is 6. The average Bonchev–Trinajstić information content (AvgIpc) is 3.01. The molecule has 0 aliphatic heterocycles. The summed E-state index contributed by atoms with van der Waals surface area (Å²) in [6.07, 6.45) is 0.401. The second kappa shape index (κ2) is 8.30. The number of carboxylic acid groups (broad SMARTS) is 1. The van der Waals surface area contributed by atoms with Crippen LogP contribution in [-0.2, 0) is 0 Å². The minimum absolute atomic E-state index is 0.108. The molecule has 8 nitrogen and oxygen atoms in total. The van der Waals surface area contributed by atoms with Gasteiger partial charge in [0.15, 0.2) is 5.82 Å². The molecule has 146 valence electrons. The maximum atomic E-state index is 14.0. The number of anilines is 1. The molecule has 0 bridgehead atoms. The van der Waals surface area contributed by atoms with E-state index in [-0.39, 0.29) is 23.3 Å². The maximum absolute atomic E-state index is 14.0. The summed E-state index contributed by atoms with van der Waals surface area (Å²) in [5, 5.41) is 14.0. The van der Waals surface area contributed by atoms with E-state index in [1.54, 1.807) is 13.0 Å². The molecule has 0 spiro atoms. The molecule has 0 aliphatic rings. The van der Waals surface area contributed by atoms with Gasteiger partial charge in [0.2, 0.25) is 0 Å². The Morgan fingerprint density at radius 1 is 1.32 bits per heavy atom. The number of nitrogens with zero attached hydrogens (tertiary/aromatic N) is 3. The van der Waals surface area contributed by atoms with Crippen LogP contribution in [0.3, 0.4) is 0 Å². The van der Waals surface area contributed by atoms with E-state index in [9.17, 15) is 13.6 Å². The van der Waals surface area contributed by atoms with Gasteiger partial charge in [-0.15, -0.1) is 0 Å². The number of H-pyrrole nitrogens is 1. The van der Waals surface area contributed by atoms with E-state index in [2.05, 4.69) is 46.5 Å². The maximum Gasteiger partial charge on any atom is 0.404 e. The molecule has 28 heavy (non-hydrogen) atoms. The quantitative estimate of drug-likeness (QED) is 0.453. The van der Waals surface area contributed by atoms with Crippen molar-refractivity contribution in [3.63, 3.8) is 0 Å². The average molecular weight is 453 g/mol. The van der Waals surface area contributed by atoms with Crippen molar-refractivity contribution in [2.75, 3.05) is 11.9 Å². The minimum atomic E-state index is -1.11. The molecule has 0 fully saturated rings. The van der Waals surface area contributed by atoms with Crippen LogP contribution in [0, 0.1) is 11.6 Å². The molecule has 0 radical (unpaired) electrons. The van der Waals surface area contributed by atoms with E-state index in [0.29, 0.717) is 22.7 Å². The lowest BCUT2D eigenvalue weighted by atomic mass is 10.2. The number of nitrogens with one attached hydrogen (secondary N) is 3. The molecule has 3 rings (SSSR count). The van der Waals surface area contributed by atoms with E-state index >= 15 is 0 Å². The van der Waals surface area contributed by atoms with Crippen LogP contribution in [0.1, 0.15) is 6.92 Å². The molecule has 0 saturated carbocycles. The number of halogens is 3. The second-order valence-electron chi connectivity index (χ2n) is 5.87. The van der Waals surface area contributed by atoms with Gasteiger partial charge in [0, 0.05) is 24.8 Å². The van der Waals surface area contributed by atoms with Crippen LogP contribution in [-0.4, -0.2) is 43.7 Å². The molecule has 1 aromatic carbocycles. The smallest absolute Gasteiger partial charge is 0.404 e. The van der Waals surface area contributed by atoms with E-state index in [1.807, 2.05) is 0 Å². The SMILES string of the molecule is CC(CNc1ccnc(-c2nc(-c3ccc(F)cc3F)[nH]c2Br)n1)NC(=O)O. The monoisotopic (exact) mass is 452 g/mol. The molecule has 3 aromatic rings. The first-order valence-electron chi connectivity index (χ1n) is 8.11. The number of hydrogen-bond acceptors (Lipinski definition) is 5. The number of aromatic nitrogens is 4. The molecule has 11 heteroatoms. The number of aromatic amines is 1. The number of imidazole rings is 1. The van der Waals surface area contributed by atoms with Gasteiger partial charge in [0.1, 0.15) is 33.6 Å². The van der Waals surface area contributed by atoms with Crippen LogP contribution >= 0.6 is 15.9 Å².